The molecule has 1 N–H and O–H groups in total. The Morgan fingerprint density at radius 3 is 2.59 bits per heavy atom. The molecule has 5 nitrogen and oxygen atoms in total. The molecule has 4 aromatic rings. The average molecular weight is 495 g/mol. The zero-order chi connectivity index (χ0) is 22.8. The number of hydrogen-bond donors (Lipinski definition) is 1. The number of halogens is 4. The van der Waals surface area contributed by atoms with E-state index in [1.165, 1.54) is 19.1 Å². The number of nitrogens with zero attached hydrogens (tertiary/aromatic N) is 1. The molecule has 0 aliphatic heterocycles. The van der Waals surface area contributed by atoms with Gasteiger partial charge in [-0.25, -0.2) is 18.6 Å². The molecule has 0 fully saturated rings. The molecule has 1 unspecified atom stereocenters. The Kier molecular flexibility index (Phi) is 6.45. The fourth-order valence-electron chi connectivity index (χ4n) is 2.95. The van der Waals surface area contributed by atoms with Gasteiger partial charge in [-0.3, -0.25) is 5.32 Å². The molecule has 1 heterocycles. The summed E-state index contributed by atoms with van der Waals surface area (Å²) in [5.41, 5.74) is 0.854. The summed E-state index contributed by atoms with van der Waals surface area (Å²) < 4.78 is 40.2. The van der Waals surface area contributed by atoms with Crippen LogP contribution in [-0.2, 0) is 0 Å². The minimum absolute atomic E-state index is 0.00134. The highest BCUT2D eigenvalue weighted by Crippen LogP contribution is 2.37. The summed E-state index contributed by atoms with van der Waals surface area (Å²) in [4.78, 5) is 16.2. The number of para-hydroxylation sites is 1. The summed E-state index contributed by atoms with van der Waals surface area (Å²) in [6.45, 7) is 1.53. The Labute approximate surface area is 195 Å². The number of anilines is 1. The number of benzene rings is 3. The van der Waals surface area contributed by atoms with Crippen LogP contribution in [0.25, 0.3) is 10.2 Å². The molecule has 0 radical (unpaired) electrons. The molecule has 0 aliphatic carbocycles. The molecule has 0 aliphatic rings. The Bertz CT molecular complexity index is 1300. The molecule has 1 atom stereocenters. The molecule has 10 heteroatoms. The summed E-state index contributed by atoms with van der Waals surface area (Å²) in [5, 5.41) is 2.75. The summed E-state index contributed by atoms with van der Waals surface area (Å²) in [7, 11) is 0. The zero-order valence-electron chi connectivity index (χ0n) is 16.4. The first-order chi connectivity index (χ1) is 15.3. The standard InChI is InChI=1S/C22H14Cl2F2N2O3S/c1-11(19-14(25)8-7-13(23)20(19)24)30-17-10-18-16(9-15(17)26)28-22(32-18)31-21(29)27-12-5-3-2-4-6-12/h2-11H,1H3,(H,27,29). The van der Waals surface area contributed by atoms with Crippen LogP contribution in [0, 0.1) is 11.6 Å². The van der Waals surface area contributed by atoms with Crippen LogP contribution in [0.4, 0.5) is 19.3 Å². The molecule has 0 saturated carbocycles. The third-order valence-corrected chi connectivity index (χ3v) is 6.13. The van der Waals surface area contributed by atoms with Crippen LogP contribution in [0.15, 0.2) is 54.6 Å². The first-order valence-corrected chi connectivity index (χ1v) is 10.8. The molecule has 3 aromatic carbocycles. The van der Waals surface area contributed by atoms with Crippen LogP contribution in [0.5, 0.6) is 10.9 Å². The van der Waals surface area contributed by atoms with Crippen LogP contribution >= 0.6 is 34.5 Å². The zero-order valence-corrected chi connectivity index (χ0v) is 18.7. The van der Waals surface area contributed by atoms with E-state index in [0.29, 0.717) is 10.4 Å². The van der Waals surface area contributed by atoms with Crippen molar-refractivity contribution in [1.82, 2.24) is 4.98 Å². The number of thiazole rings is 1. The molecular formula is C22H14Cl2F2N2O3S. The minimum Gasteiger partial charge on any atom is -0.483 e. The molecule has 0 bridgehead atoms. The van der Waals surface area contributed by atoms with E-state index >= 15 is 0 Å². The number of aromatic nitrogens is 1. The highest BCUT2D eigenvalue weighted by molar-refractivity contribution is 7.20. The van der Waals surface area contributed by atoms with Gasteiger partial charge in [0.2, 0.25) is 0 Å². The number of amides is 1. The maximum absolute atomic E-state index is 14.6. The molecule has 0 spiro atoms. The number of rotatable bonds is 5. The first kappa shape index (κ1) is 22.3. The van der Waals surface area contributed by atoms with Gasteiger partial charge in [-0.15, -0.1) is 0 Å². The summed E-state index contributed by atoms with van der Waals surface area (Å²) >= 11 is 13.1. The van der Waals surface area contributed by atoms with Crippen LogP contribution in [-0.4, -0.2) is 11.1 Å². The summed E-state index contributed by atoms with van der Waals surface area (Å²) in [6.07, 6.45) is -1.65. The van der Waals surface area contributed by atoms with Gasteiger partial charge in [-0.05, 0) is 31.2 Å². The van der Waals surface area contributed by atoms with Gasteiger partial charge in [-0.2, -0.15) is 0 Å². The molecular weight excluding hydrogens is 481 g/mol. The predicted octanol–water partition coefficient (Wildman–Crippen LogP) is 7.63. The van der Waals surface area contributed by atoms with Crippen molar-refractivity contribution in [2.75, 3.05) is 5.32 Å². The van der Waals surface area contributed by atoms with Crippen molar-refractivity contribution in [1.29, 1.82) is 0 Å². The number of hydrogen-bond acceptors (Lipinski definition) is 5. The van der Waals surface area contributed by atoms with E-state index in [9.17, 15) is 13.6 Å². The minimum atomic E-state index is -0.923. The topological polar surface area (TPSA) is 60.5 Å². The predicted molar refractivity (Wildman–Crippen MR) is 121 cm³/mol. The van der Waals surface area contributed by atoms with E-state index in [2.05, 4.69) is 10.3 Å². The normalized spacial score (nSPS) is 11.9. The van der Waals surface area contributed by atoms with Gasteiger partial charge in [0, 0.05) is 23.4 Å². The lowest BCUT2D eigenvalue weighted by atomic mass is 10.1. The van der Waals surface area contributed by atoms with Crippen LogP contribution < -0.4 is 14.8 Å². The second kappa shape index (κ2) is 9.28. The van der Waals surface area contributed by atoms with Gasteiger partial charge < -0.3 is 9.47 Å². The molecule has 32 heavy (non-hydrogen) atoms. The Balaban J connectivity index is 1.54. The number of ether oxygens (including phenoxy) is 2. The monoisotopic (exact) mass is 494 g/mol. The van der Waals surface area contributed by atoms with E-state index in [1.54, 1.807) is 24.3 Å². The van der Waals surface area contributed by atoms with Crippen molar-refractivity contribution < 1.29 is 23.0 Å². The van der Waals surface area contributed by atoms with Gasteiger partial charge >= 0.3 is 6.09 Å². The fourth-order valence-corrected chi connectivity index (χ4v) is 4.25. The molecule has 1 amide bonds. The van der Waals surface area contributed by atoms with E-state index < -0.39 is 23.8 Å². The second-order valence-corrected chi connectivity index (χ2v) is 8.41. The van der Waals surface area contributed by atoms with Crippen LogP contribution in [0.1, 0.15) is 18.6 Å². The van der Waals surface area contributed by atoms with Gasteiger partial charge in [-0.1, -0.05) is 52.7 Å². The smallest absolute Gasteiger partial charge is 0.419 e. The highest BCUT2D eigenvalue weighted by atomic mass is 35.5. The van der Waals surface area contributed by atoms with Crippen LogP contribution in [0.3, 0.4) is 0 Å². The SMILES string of the molecule is CC(Oc1cc2sc(OC(=O)Nc3ccccc3)nc2cc1F)c1c(F)ccc(Cl)c1Cl. The van der Waals surface area contributed by atoms with Crippen molar-refractivity contribution in [2.45, 2.75) is 13.0 Å². The van der Waals surface area contributed by atoms with Crippen molar-refractivity contribution in [2.24, 2.45) is 0 Å². The van der Waals surface area contributed by atoms with E-state index in [4.69, 9.17) is 32.7 Å². The van der Waals surface area contributed by atoms with Gasteiger partial charge in [0.15, 0.2) is 11.6 Å². The fraction of sp³-hybridized carbons (Fsp3) is 0.0909. The maximum Gasteiger partial charge on any atom is 0.419 e. The van der Waals surface area contributed by atoms with E-state index in [1.807, 2.05) is 6.07 Å². The lowest BCUT2D eigenvalue weighted by molar-refractivity contribution is 0.212. The van der Waals surface area contributed by atoms with E-state index in [-0.39, 0.29) is 32.1 Å². The Hall–Kier alpha value is -2.94. The number of carbonyl (C=O) groups excluding carboxylic acids is 1. The highest BCUT2D eigenvalue weighted by Gasteiger charge is 2.21. The van der Waals surface area contributed by atoms with Crippen molar-refractivity contribution in [3.05, 3.63) is 81.8 Å². The Morgan fingerprint density at radius 2 is 1.84 bits per heavy atom. The van der Waals surface area contributed by atoms with Gasteiger partial charge in [0.25, 0.3) is 5.19 Å². The maximum atomic E-state index is 14.6. The molecule has 4 rings (SSSR count). The van der Waals surface area contributed by atoms with Crippen molar-refractivity contribution in [3.63, 3.8) is 0 Å². The third-order valence-electron chi connectivity index (χ3n) is 4.41. The number of fused-ring (bicyclic) bond motifs is 1. The molecule has 0 saturated heterocycles. The van der Waals surface area contributed by atoms with E-state index in [0.717, 1.165) is 23.5 Å². The average Bonchev–Trinajstić information content (AvgIpc) is 3.12. The molecule has 1 aromatic heterocycles. The van der Waals surface area contributed by atoms with Crippen LogP contribution in [0.2, 0.25) is 10.0 Å². The van der Waals surface area contributed by atoms with Crippen molar-refractivity contribution in [3.8, 4) is 10.9 Å². The summed E-state index contributed by atoms with van der Waals surface area (Å²) in [5.74, 6) is -1.47. The van der Waals surface area contributed by atoms with Gasteiger partial charge in [0.1, 0.15) is 11.9 Å². The Morgan fingerprint density at radius 1 is 1.09 bits per heavy atom. The van der Waals surface area contributed by atoms with Crippen molar-refractivity contribution >= 4 is 56.5 Å². The first-order valence-electron chi connectivity index (χ1n) is 9.26. The number of carbonyl (C=O) groups is 1. The quantitative estimate of drug-likeness (QED) is 0.289. The third kappa shape index (κ3) is 4.77. The van der Waals surface area contributed by atoms with Gasteiger partial charge in [0.05, 0.1) is 20.3 Å². The largest absolute Gasteiger partial charge is 0.483 e. The summed E-state index contributed by atoms with van der Waals surface area (Å²) in [6, 6.07) is 13.8. The number of nitrogens with one attached hydrogen (secondary N) is 1. The molecule has 164 valence electrons. The lowest BCUT2D eigenvalue weighted by Crippen LogP contribution is -2.16. The second-order valence-electron chi connectivity index (χ2n) is 6.63. The lowest BCUT2D eigenvalue weighted by Gasteiger charge is -2.18.